The molecule has 124 valence electrons. The van der Waals surface area contributed by atoms with Crippen molar-refractivity contribution < 1.29 is 4.84 Å². The van der Waals surface area contributed by atoms with Crippen molar-refractivity contribution >= 4 is 21.7 Å². The van der Waals surface area contributed by atoms with Crippen molar-refractivity contribution in [2.75, 3.05) is 0 Å². The van der Waals surface area contributed by atoms with E-state index in [9.17, 15) is 0 Å². The molecule has 0 amide bonds. The molecule has 1 aliphatic rings. The van der Waals surface area contributed by atoms with E-state index < -0.39 is 0 Å². The van der Waals surface area contributed by atoms with E-state index in [1.54, 1.807) is 0 Å². The Morgan fingerprint density at radius 2 is 1.44 bits per heavy atom. The smallest absolute Gasteiger partial charge is 0.152 e. The lowest BCUT2D eigenvalue weighted by Gasteiger charge is -2.23. The predicted molar refractivity (Wildman–Crippen MR) is 104 cm³/mol. The SMILES string of the molecule is Brc1ccc([C@@H]2C=C(c3ccccc3)ON2Cc2ccccc2)cc1. The first kappa shape index (κ1) is 16.1. The van der Waals surface area contributed by atoms with E-state index >= 15 is 0 Å². The van der Waals surface area contributed by atoms with Crippen LogP contribution in [0.5, 0.6) is 0 Å². The maximum atomic E-state index is 6.23. The lowest BCUT2D eigenvalue weighted by Crippen LogP contribution is -2.22. The van der Waals surface area contributed by atoms with Crippen LogP contribution in [0.4, 0.5) is 0 Å². The van der Waals surface area contributed by atoms with Crippen LogP contribution in [0.2, 0.25) is 0 Å². The van der Waals surface area contributed by atoms with Gasteiger partial charge in [0.25, 0.3) is 0 Å². The van der Waals surface area contributed by atoms with Gasteiger partial charge in [0.1, 0.15) is 0 Å². The Morgan fingerprint density at radius 3 is 2.12 bits per heavy atom. The third-order valence-corrected chi connectivity index (χ3v) is 4.81. The molecule has 0 N–H and O–H groups in total. The second-order valence-electron chi connectivity index (χ2n) is 6.05. The van der Waals surface area contributed by atoms with E-state index in [0.29, 0.717) is 0 Å². The van der Waals surface area contributed by atoms with E-state index in [1.165, 1.54) is 11.1 Å². The highest BCUT2D eigenvalue weighted by Gasteiger charge is 2.29. The first-order chi connectivity index (χ1) is 12.3. The third kappa shape index (κ3) is 3.68. The van der Waals surface area contributed by atoms with Gasteiger partial charge in [0.2, 0.25) is 0 Å². The Balaban J connectivity index is 1.66. The van der Waals surface area contributed by atoms with Gasteiger partial charge in [-0.2, -0.15) is 0 Å². The Morgan fingerprint density at radius 1 is 0.800 bits per heavy atom. The van der Waals surface area contributed by atoms with Gasteiger partial charge in [-0.1, -0.05) is 88.7 Å². The molecule has 3 aromatic rings. The average Bonchev–Trinajstić information content (AvgIpc) is 3.08. The Hall–Kier alpha value is -2.36. The van der Waals surface area contributed by atoms with Crippen molar-refractivity contribution in [1.29, 1.82) is 0 Å². The summed E-state index contributed by atoms with van der Waals surface area (Å²) in [6.45, 7) is 0.731. The summed E-state index contributed by atoms with van der Waals surface area (Å²) < 4.78 is 1.08. The molecule has 0 aromatic heterocycles. The van der Waals surface area contributed by atoms with Gasteiger partial charge in [0.05, 0.1) is 12.6 Å². The minimum atomic E-state index is 0.0866. The molecule has 25 heavy (non-hydrogen) atoms. The van der Waals surface area contributed by atoms with Crippen molar-refractivity contribution in [3.63, 3.8) is 0 Å². The molecule has 2 nitrogen and oxygen atoms in total. The van der Waals surface area contributed by atoms with E-state index in [1.807, 2.05) is 29.3 Å². The number of benzene rings is 3. The van der Waals surface area contributed by atoms with E-state index in [2.05, 4.69) is 82.7 Å². The van der Waals surface area contributed by atoms with Crippen LogP contribution in [-0.2, 0) is 11.4 Å². The lowest BCUT2D eigenvalue weighted by atomic mass is 10.0. The molecule has 0 spiro atoms. The second-order valence-corrected chi connectivity index (χ2v) is 6.96. The number of nitrogens with zero attached hydrogens (tertiary/aromatic N) is 1. The van der Waals surface area contributed by atoms with E-state index in [-0.39, 0.29) is 6.04 Å². The zero-order chi connectivity index (χ0) is 17.1. The topological polar surface area (TPSA) is 12.5 Å². The molecule has 0 aliphatic carbocycles. The maximum absolute atomic E-state index is 6.23. The molecule has 0 radical (unpaired) electrons. The Bertz CT molecular complexity index is 860. The fraction of sp³-hybridized carbons (Fsp3) is 0.0909. The standard InChI is InChI=1S/C22H18BrNO/c23-20-13-11-18(12-14-20)21-15-22(19-9-5-2-6-10-19)25-24(21)16-17-7-3-1-4-8-17/h1-15,21H,16H2/t21-/m0/s1. The highest BCUT2D eigenvalue weighted by molar-refractivity contribution is 9.10. The normalized spacial score (nSPS) is 17.2. The Labute approximate surface area is 156 Å². The second kappa shape index (κ2) is 7.26. The van der Waals surface area contributed by atoms with Crippen molar-refractivity contribution in [3.05, 3.63) is 112 Å². The fourth-order valence-electron chi connectivity index (χ4n) is 3.01. The van der Waals surface area contributed by atoms with Crippen LogP contribution in [-0.4, -0.2) is 5.06 Å². The zero-order valence-corrected chi connectivity index (χ0v) is 15.3. The number of halogens is 1. The molecule has 1 atom stereocenters. The molecule has 0 bridgehead atoms. The zero-order valence-electron chi connectivity index (χ0n) is 13.7. The van der Waals surface area contributed by atoms with Crippen molar-refractivity contribution in [1.82, 2.24) is 5.06 Å². The minimum absolute atomic E-state index is 0.0866. The van der Waals surface area contributed by atoms with Gasteiger partial charge in [-0.05, 0) is 29.3 Å². The van der Waals surface area contributed by atoms with E-state index in [0.717, 1.165) is 22.3 Å². The van der Waals surface area contributed by atoms with Crippen molar-refractivity contribution in [3.8, 4) is 0 Å². The van der Waals surface area contributed by atoms with Crippen LogP contribution in [0.3, 0.4) is 0 Å². The monoisotopic (exact) mass is 391 g/mol. The van der Waals surface area contributed by atoms with Gasteiger partial charge < -0.3 is 4.84 Å². The molecule has 4 rings (SSSR count). The average molecular weight is 392 g/mol. The van der Waals surface area contributed by atoms with Gasteiger partial charge in [0.15, 0.2) is 5.76 Å². The quantitative estimate of drug-likeness (QED) is 0.542. The summed E-state index contributed by atoms with van der Waals surface area (Å²) in [6.07, 6.45) is 2.20. The number of hydroxylamine groups is 2. The van der Waals surface area contributed by atoms with Gasteiger partial charge in [-0.3, -0.25) is 0 Å². The largest absolute Gasteiger partial charge is 0.404 e. The van der Waals surface area contributed by atoms with Crippen LogP contribution in [0, 0.1) is 0 Å². The molecular formula is C22H18BrNO. The van der Waals surface area contributed by atoms with Crippen molar-refractivity contribution in [2.45, 2.75) is 12.6 Å². The molecule has 3 heteroatoms. The molecule has 0 saturated heterocycles. The molecule has 1 aliphatic heterocycles. The summed E-state index contributed by atoms with van der Waals surface area (Å²) in [5.74, 6) is 0.907. The van der Waals surface area contributed by atoms with Crippen LogP contribution in [0.25, 0.3) is 5.76 Å². The van der Waals surface area contributed by atoms with Gasteiger partial charge >= 0.3 is 0 Å². The number of hydrogen-bond donors (Lipinski definition) is 0. The van der Waals surface area contributed by atoms with Gasteiger partial charge in [-0.15, -0.1) is 5.06 Å². The number of hydrogen-bond acceptors (Lipinski definition) is 2. The summed E-state index contributed by atoms with van der Waals surface area (Å²) >= 11 is 3.51. The van der Waals surface area contributed by atoms with Crippen LogP contribution < -0.4 is 0 Å². The lowest BCUT2D eigenvalue weighted by molar-refractivity contribution is -0.101. The minimum Gasteiger partial charge on any atom is -0.404 e. The van der Waals surface area contributed by atoms with Crippen molar-refractivity contribution in [2.24, 2.45) is 0 Å². The molecule has 0 saturated carbocycles. The van der Waals surface area contributed by atoms with E-state index in [4.69, 9.17) is 4.84 Å². The third-order valence-electron chi connectivity index (χ3n) is 4.29. The maximum Gasteiger partial charge on any atom is 0.152 e. The van der Waals surface area contributed by atoms with Gasteiger partial charge in [0, 0.05) is 10.0 Å². The molecule has 0 unspecified atom stereocenters. The van der Waals surface area contributed by atoms with Crippen LogP contribution in [0.15, 0.2) is 95.5 Å². The first-order valence-corrected chi connectivity index (χ1v) is 9.10. The summed E-state index contributed by atoms with van der Waals surface area (Å²) in [4.78, 5) is 6.23. The summed E-state index contributed by atoms with van der Waals surface area (Å²) in [6, 6.07) is 29.2. The summed E-state index contributed by atoms with van der Waals surface area (Å²) in [5.41, 5.74) is 3.54. The number of rotatable bonds is 4. The molecule has 1 heterocycles. The van der Waals surface area contributed by atoms with Gasteiger partial charge in [-0.25, -0.2) is 0 Å². The molecule has 0 fully saturated rings. The van der Waals surface area contributed by atoms with Crippen LogP contribution >= 0.6 is 15.9 Å². The molecular weight excluding hydrogens is 374 g/mol. The van der Waals surface area contributed by atoms with Crippen LogP contribution in [0.1, 0.15) is 22.7 Å². The first-order valence-electron chi connectivity index (χ1n) is 8.31. The fourth-order valence-corrected chi connectivity index (χ4v) is 3.27. The summed E-state index contributed by atoms with van der Waals surface area (Å²) in [5, 5.41) is 2.04. The summed E-state index contributed by atoms with van der Waals surface area (Å²) in [7, 11) is 0. The Kier molecular flexibility index (Phi) is 4.68. The molecule has 3 aromatic carbocycles. The highest BCUT2D eigenvalue weighted by Crippen LogP contribution is 2.37. The predicted octanol–water partition coefficient (Wildman–Crippen LogP) is 5.98. The highest BCUT2D eigenvalue weighted by atomic mass is 79.9.